The summed E-state index contributed by atoms with van der Waals surface area (Å²) in [5, 5.41) is 0. The highest BCUT2D eigenvalue weighted by molar-refractivity contribution is 9.10. The molecule has 178 valence electrons. The van der Waals surface area contributed by atoms with Gasteiger partial charge in [-0.3, -0.25) is 14.4 Å². The van der Waals surface area contributed by atoms with Gasteiger partial charge in [0, 0.05) is 33.2 Å². The van der Waals surface area contributed by atoms with E-state index in [0.29, 0.717) is 16.8 Å². The van der Waals surface area contributed by atoms with Gasteiger partial charge in [-0.1, -0.05) is 31.9 Å². The molecule has 0 bridgehead atoms. The van der Waals surface area contributed by atoms with Crippen molar-refractivity contribution in [3.8, 4) is 5.75 Å². The Morgan fingerprint density at radius 1 is 0.829 bits per heavy atom. The fourth-order valence-corrected chi connectivity index (χ4v) is 4.06. The maximum atomic E-state index is 12.5. The Balaban J connectivity index is 1.28. The minimum Gasteiger partial charge on any atom is -0.457 e. The van der Waals surface area contributed by atoms with Gasteiger partial charge in [0.05, 0.1) is 11.5 Å². The van der Waals surface area contributed by atoms with E-state index in [4.69, 9.17) is 9.47 Å². The normalized spacial score (nSPS) is 15.1. The Labute approximate surface area is 218 Å². The van der Waals surface area contributed by atoms with Gasteiger partial charge in [0.1, 0.15) is 5.75 Å². The molecule has 1 aliphatic rings. The van der Waals surface area contributed by atoms with Gasteiger partial charge in [0.15, 0.2) is 12.4 Å². The molecular weight excluding hydrogens is 582 g/mol. The lowest BCUT2D eigenvalue weighted by atomic mass is 10.1. The van der Waals surface area contributed by atoms with E-state index in [9.17, 15) is 19.2 Å². The summed E-state index contributed by atoms with van der Waals surface area (Å²) >= 11 is 6.66. The summed E-state index contributed by atoms with van der Waals surface area (Å²) in [6, 6.07) is 19.9. The molecule has 1 unspecified atom stereocenters. The SMILES string of the molecule is O=C(COC(=O)C1CC(=O)N(c2ccc(Br)cc2)C1)c1ccc(OC(=O)c2ccc(Br)cc2)cc1. The summed E-state index contributed by atoms with van der Waals surface area (Å²) in [7, 11) is 0. The van der Waals surface area contributed by atoms with Crippen molar-refractivity contribution in [1.29, 1.82) is 0 Å². The minimum absolute atomic E-state index is 0.0293. The molecule has 7 nitrogen and oxygen atoms in total. The van der Waals surface area contributed by atoms with Crippen molar-refractivity contribution < 1.29 is 28.7 Å². The number of nitrogens with zero attached hydrogens (tertiary/aromatic N) is 1. The molecule has 3 aromatic carbocycles. The number of anilines is 1. The van der Waals surface area contributed by atoms with Gasteiger partial charge in [-0.15, -0.1) is 0 Å². The van der Waals surface area contributed by atoms with E-state index >= 15 is 0 Å². The molecule has 35 heavy (non-hydrogen) atoms. The molecule has 0 N–H and O–H groups in total. The number of hydrogen-bond acceptors (Lipinski definition) is 6. The van der Waals surface area contributed by atoms with Crippen LogP contribution in [0.4, 0.5) is 5.69 Å². The van der Waals surface area contributed by atoms with Gasteiger partial charge in [-0.25, -0.2) is 4.79 Å². The average molecular weight is 601 g/mol. The number of hydrogen-bond donors (Lipinski definition) is 0. The summed E-state index contributed by atoms with van der Waals surface area (Å²) in [6.45, 7) is -0.244. The van der Waals surface area contributed by atoms with Crippen molar-refractivity contribution in [2.24, 2.45) is 5.92 Å². The fourth-order valence-electron chi connectivity index (χ4n) is 3.53. The molecule has 0 saturated carbocycles. The Morgan fingerprint density at radius 2 is 1.40 bits per heavy atom. The van der Waals surface area contributed by atoms with Crippen LogP contribution < -0.4 is 9.64 Å². The second-order valence-electron chi connectivity index (χ2n) is 7.83. The number of esters is 2. The maximum absolute atomic E-state index is 12.5. The van der Waals surface area contributed by atoms with Gasteiger partial charge in [0.25, 0.3) is 0 Å². The third-order valence-corrected chi connectivity index (χ3v) is 6.47. The number of benzene rings is 3. The van der Waals surface area contributed by atoms with Crippen LogP contribution in [0.15, 0.2) is 81.7 Å². The second-order valence-corrected chi connectivity index (χ2v) is 9.66. The van der Waals surface area contributed by atoms with Crippen molar-refractivity contribution in [1.82, 2.24) is 0 Å². The topological polar surface area (TPSA) is 90.0 Å². The smallest absolute Gasteiger partial charge is 0.343 e. The first-order chi connectivity index (χ1) is 16.8. The lowest BCUT2D eigenvalue weighted by Gasteiger charge is -2.16. The fraction of sp³-hybridized carbons (Fsp3) is 0.154. The predicted octanol–water partition coefficient (Wildman–Crippen LogP) is 5.21. The second kappa shape index (κ2) is 11.0. The van der Waals surface area contributed by atoms with Gasteiger partial charge in [0.2, 0.25) is 5.91 Å². The van der Waals surface area contributed by atoms with Crippen LogP contribution >= 0.6 is 31.9 Å². The van der Waals surface area contributed by atoms with Crippen LogP contribution in [-0.2, 0) is 14.3 Å². The molecule has 1 aliphatic heterocycles. The highest BCUT2D eigenvalue weighted by Crippen LogP contribution is 2.27. The molecule has 0 aliphatic carbocycles. The Bertz CT molecular complexity index is 1260. The molecule has 0 spiro atoms. The summed E-state index contributed by atoms with van der Waals surface area (Å²) in [5.74, 6) is -2.05. The highest BCUT2D eigenvalue weighted by Gasteiger charge is 2.36. The first-order valence-electron chi connectivity index (χ1n) is 10.6. The van der Waals surface area contributed by atoms with E-state index in [-0.39, 0.29) is 24.6 Å². The van der Waals surface area contributed by atoms with Crippen molar-refractivity contribution >= 4 is 61.2 Å². The first kappa shape index (κ1) is 24.8. The van der Waals surface area contributed by atoms with Crippen LogP contribution in [-0.4, -0.2) is 36.8 Å². The number of halogens is 2. The van der Waals surface area contributed by atoms with Gasteiger partial charge >= 0.3 is 11.9 Å². The number of ketones is 1. The number of rotatable bonds is 7. The lowest BCUT2D eigenvalue weighted by molar-refractivity contribution is -0.147. The molecule has 0 radical (unpaired) electrons. The van der Waals surface area contributed by atoms with Crippen molar-refractivity contribution in [2.75, 3.05) is 18.1 Å². The Kier molecular flexibility index (Phi) is 7.77. The molecule has 1 atom stereocenters. The summed E-state index contributed by atoms with van der Waals surface area (Å²) in [4.78, 5) is 51.0. The third-order valence-electron chi connectivity index (χ3n) is 5.41. The van der Waals surface area contributed by atoms with Crippen LogP contribution in [0.2, 0.25) is 0 Å². The van der Waals surface area contributed by atoms with Gasteiger partial charge in [-0.05, 0) is 72.8 Å². The maximum Gasteiger partial charge on any atom is 0.343 e. The van der Waals surface area contributed by atoms with E-state index in [2.05, 4.69) is 31.9 Å². The largest absolute Gasteiger partial charge is 0.457 e. The van der Waals surface area contributed by atoms with Crippen LogP contribution in [0.1, 0.15) is 27.1 Å². The number of Topliss-reactive ketones (excluding diaryl/α,β-unsaturated/α-hetero) is 1. The van der Waals surface area contributed by atoms with Gasteiger partial charge < -0.3 is 14.4 Å². The zero-order valence-electron chi connectivity index (χ0n) is 18.3. The van der Waals surface area contributed by atoms with Crippen molar-refractivity contribution in [3.63, 3.8) is 0 Å². The van der Waals surface area contributed by atoms with E-state index < -0.39 is 30.2 Å². The molecule has 1 saturated heterocycles. The third kappa shape index (κ3) is 6.23. The molecule has 1 amide bonds. The molecule has 1 heterocycles. The first-order valence-corrected chi connectivity index (χ1v) is 12.2. The van der Waals surface area contributed by atoms with Crippen molar-refractivity contribution in [2.45, 2.75) is 6.42 Å². The molecule has 1 fully saturated rings. The number of ether oxygens (including phenoxy) is 2. The zero-order chi connectivity index (χ0) is 24.9. The quantitative estimate of drug-likeness (QED) is 0.210. The minimum atomic E-state index is -0.639. The van der Waals surface area contributed by atoms with Crippen LogP contribution in [0.25, 0.3) is 0 Å². The van der Waals surface area contributed by atoms with E-state index in [1.165, 1.54) is 29.2 Å². The summed E-state index contributed by atoms with van der Waals surface area (Å²) in [6.07, 6.45) is 0.0293. The van der Waals surface area contributed by atoms with E-state index in [1.54, 1.807) is 36.4 Å². The van der Waals surface area contributed by atoms with Crippen molar-refractivity contribution in [3.05, 3.63) is 92.9 Å². The lowest BCUT2D eigenvalue weighted by Crippen LogP contribution is -2.27. The van der Waals surface area contributed by atoms with Crippen LogP contribution in [0.3, 0.4) is 0 Å². The van der Waals surface area contributed by atoms with Gasteiger partial charge in [-0.2, -0.15) is 0 Å². The Hall–Kier alpha value is -3.30. The molecule has 9 heteroatoms. The standard InChI is InChI=1S/C26H19Br2NO6/c27-19-5-1-17(2-6-19)26(33)35-22-11-3-16(4-12-22)23(30)15-34-25(32)18-13-24(31)29(14-18)21-9-7-20(28)8-10-21/h1-12,18H,13-15H2. The zero-order valence-corrected chi connectivity index (χ0v) is 21.5. The predicted molar refractivity (Wildman–Crippen MR) is 135 cm³/mol. The highest BCUT2D eigenvalue weighted by atomic mass is 79.9. The van der Waals surface area contributed by atoms with E-state index in [0.717, 1.165) is 8.95 Å². The van der Waals surface area contributed by atoms with Crippen LogP contribution in [0, 0.1) is 5.92 Å². The number of carbonyl (C=O) groups is 4. The molecule has 0 aromatic heterocycles. The Morgan fingerprint density at radius 3 is 2.03 bits per heavy atom. The van der Waals surface area contributed by atoms with E-state index in [1.807, 2.05) is 12.1 Å². The van der Waals surface area contributed by atoms with Crippen LogP contribution in [0.5, 0.6) is 5.75 Å². The molecule has 4 rings (SSSR count). The molecule has 3 aromatic rings. The monoisotopic (exact) mass is 599 g/mol. The average Bonchev–Trinajstić information content (AvgIpc) is 3.25. The summed E-state index contributed by atoms with van der Waals surface area (Å²) < 4.78 is 12.2. The summed E-state index contributed by atoms with van der Waals surface area (Å²) in [5.41, 5.74) is 1.40. The molecular formula is C26H19Br2NO6. The number of amides is 1. The number of carbonyl (C=O) groups excluding carboxylic acids is 4.